The monoisotopic (exact) mass is 502 g/mol. The van der Waals surface area contributed by atoms with Crippen molar-refractivity contribution in [2.45, 2.75) is 50.7 Å². The summed E-state index contributed by atoms with van der Waals surface area (Å²) in [6.45, 7) is 0.496. The van der Waals surface area contributed by atoms with Gasteiger partial charge in [0.15, 0.2) is 0 Å². The Hall–Kier alpha value is -3.25. The van der Waals surface area contributed by atoms with Crippen molar-refractivity contribution in [3.05, 3.63) is 29.6 Å². The van der Waals surface area contributed by atoms with Crippen molar-refractivity contribution in [1.82, 2.24) is 20.4 Å². The average Bonchev–Trinajstić information content (AvgIpc) is 3.54. The Balaban J connectivity index is 1.46. The molecular weight excluding hydrogens is 476 g/mol. The summed E-state index contributed by atoms with van der Waals surface area (Å²) in [4.78, 5) is 40.7. The van der Waals surface area contributed by atoms with Crippen molar-refractivity contribution in [3.63, 3.8) is 0 Å². The van der Waals surface area contributed by atoms with Crippen molar-refractivity contribution in [3.8, 4) is 5.75 Å². The van der Waals surface area contributed by atoms with Crippen LogP contribution in [0.4, 0.5) is 27.2 Å². The molecule has 9 nitrogen and oxygen atoms in total. The summed E-state index contributed by atoms with van der Waals surface area (Å²) in [6.07, 6.45) is -2.79. The van der Waals surface area contributed by atoms with Gasteiger partial charge in [0.1, 0.15) is 11.6 Å². The zero-order valence-corrected chi connectivity index (χ0v) is 19.0. The van der Waals surface area contributed by atoms with Crippen LogP contribution in [-0.4, -0.2) is 73.0 Å². The summed E-state index contributed by atoms with van der Waals surface area (Å²) < 4.78 is 60.2. The molecule has 0 bridgehead atoms. The Morgan fingerprint density at radius 1 is 1.29 bits per heavy atom. The molecule has 2 aliphatic heterocycles. The zero-order chi connectivity index (χ0) is 25.4. The van der Waals surface area contributed by atoms with Gasteiger partial charge in [-0.1, -0.05) is 6.07 Å². The van der Waals surface area contributed by atoms with Crippen LogP contribution >= 0.6 is 0 Å². The number of benzene rings is 1. The quantitative estimate of drug-likeness (QED) is 0.477. The van der Waals surface area contributed by atoms with Crippen LogP contribution in [0.25, 0.3) is 0 Å². The first-order chi connectivity index (χ1) is 16.5. The third kappa shape index (κ3) is 5.88. The third-order valence-electron chi connectivity index (χ3n) is 6.44. The van der Waals surface area contributed by atoms with E-state index in [1.807, 2.05) is 0 Å². The first kappa shape index (κ1) is 24.9. The molecule has 0 radical (unpaired) electrons. The predicted octanol–water partition coefficient (Wildman–Crippen LogP) is 2.75. The van der Waals surface area contributed by atoms with Crippen molar-refractivity contribution in [2.75, 3.05) is 26.7 Å². The summed E-state index contributed by atoms with van der Waals surface area (Å²) in [5.74, 6) is -1.99. The number of nitrogens with one attached hydrogen (secondary N) is 2. The van der Waals surface area contributed by atoms with E-state index in [0.29, 0.717) is 19.0 Å². The number of ether oxygens (including phenoxy) is 2. The van der Waals surface area contributed by atoms with Gasteiger partial charge in [0.2, 0.25) is 0 Å². The SMILES string of the molecule is CNC(=O)N1C[C@H](N(C(=O)NCc2ccc(OC(F)(F)F)cc2F)C2CC2)CC2(COC(=O)C2)C1. The van der Waals surface area contributed by atoms with E-state index in [2.05, 4.69) is 15.4 Å². The maximum Gasteiger partial charge on any atom is 0.573 e. The minimum atomic E-state index is -4.94. The minimum Gasteiger partial charge on any atom is -0.465 e. The molecule has 2 N–H and O–H groups in total. The van der Waals surface area contributed by atoms with Crippen LogP contribution < -0.4 is 15.4 Å². The number of piperidine rings is 1. The fourth-order valence-corrected chi connectivity index (χ4v) is 4.84. The number of alkyl halides is 3. The smallest absolute Gasteiger partial charge is 0.465 e. The number of cyclic esters (lactones) is 1. The van der Waals surface area contributed by atoms with E-state index in [-0.39, 0.29) is 49.7 Å². The largest absolute Gasteiger partial charge is 0.573 e. The first-order valence-corrected chi connectivity index (χ1v) is 11.2. The van der Waals surface area contributed by atoms with Gasteiger partial charge in [0, 0.05) is 49.8 Å². The molecular formula is C22H26F4N4O5. The summed E-state index contributed by atoms with van der Waals surface area (Å²) >= 11 is 0. The number of amides is 4. The van der Waals surface area contributed by atoms with E-state index in [0.717, 1.165) is 25.0 Å². The number of carbonyl (C=O) groups excluding carboxylic acids is 3. The zero-order valence-electron chi connectivity index (χ0n) is 19.0. The van der Waals surface area contributed by atoms with Crippen molar-refractivity contribution >= 4 is 18.0 Å². The maximum atomic E-state index is 14.3. The molecule has 1 aromatic rings. The Labute approximate surface area is 198 Å². The van der Waals surface area contributed by atoms with E-state index < -0.39 is 35.4 Å². The van der Waals surface area contributed by atoms with Crippen LogP contribution in [0.1, 0.15) is 31.2 Å². The Morgan fingerprint density at radius 2 is 2.03 bits per heavy atom. The Kier molecular flexibility index (Phi) is 6.69. The molecule has 1 spiro atoms. The lowest BCUT2D eigenvalue weighted by Gasteiger charge is -2.46. The second-order valence-corrected chi connectivity index (χ2v) is 9.23. The topological polar surface area (TPSA) is 100 Å². The van der Waals surface area contributed by atoms with E-state index in [4.69, 9.17) is 4.74 Å². The number of halogens is 4. The molecule has 192 valence electrons. The van der Waals surface area contributed by atoms with Gasteiger partial charge < -0.3 is 29.9 Å². The Bertz CT molecular complexity index is 1000. The lowest BCUT2D eigenvalue weighted by atomic mass is 9.77. The highest BCUT2D eigenvalue weighted by molar-refractivity contribution is 5.77. The van der Waals surface area contributed by atoms with Gasteiger partial charge in [0.25, 0.3) is 0 Å². The molecule has 1 saturated carbocycles. The fourth-order valence-electron chi connectivity index (χ4n) is 4.84. The van der Waals surface area contributed by atoms with Gasteiger partial charge >= 0.3 is 24.4 Å². The van der Waals surface area contributed by atoms with E-state index in [1.54, 1.807) is 9.80 Å². The molecule has 2 atom stereocenters. The van der Waals surface area contributed by atoms with Crippen LogP contribution in [0.5, 0.6) is 5.75 Å². The molecule has 35 heavy (non-hydrogen) atoms. The third-order valence-corrected chi connectivity index (χ3v) is 6.44. The van der Waals surface area contributed by atoms with Crippen molar-refractivity contribution < 1.29 is 41.4 Å². The van der Waals surface area contributed by atoms with Gasteiger partial charge in [-0.05, 0) is 25.3 Å². The van der Waals surface area contributed by atoms with Crippen LogP contribution in [0.2, 0.25) is 0 Å². The summed E-state index contributed by atoms with van der Waals surface area (Å²) in [6, 6.07) is 1.43. The van der Waals surface area contributed by atoms with Crippen LogP contribution in [0.3, 0.4) is 0 Å². The first-order valence-electron chi connectivity index (χ1n) is 11.2. The highest BCUT2D eigenvalue weighted by atomic mass is 19.4. The van der Waals surface area contributed by atoms with Gasteiger partial charge in [-0.25, -0.2) is 14.0 Å². The number of likely N-dealkylation sites (tertiary alicyclic amines) is 1. The van der Waals surface area contributed by atoms with Crippen LogP contribution in [0, 0.1) is 11.2 Å². The summed E-state index contributed by atoms with van der Waals surface area (Å²) in [5, 5.41) is 5.22. The molecule has 1 aliphatic carbocycles. The molecule has 3 aliphatic rings. The second kappa shape index (κ2) is 9.42. The summed E-state index contributed by atoms with van der Waals surface area (Å²) in [7, 11) is 1.50. The lowest BCUT2D eigenvalue weighted by Crippen LogP contribution is -2.61. The van der Waals surface area contributed by atoms with Crippen LogP contribution in [-0.2, 0) is 16.1 Å². The predicted molar refractivity (Wildman–Crippen MR) is 113 cm³/mol. The number of esters is 1. The van der Waals surface area contributed by atoms with Gasteiger partial charge in [-0.3, -0.25) is 4.79 Å². The number of rotatable bonds is 5. The van der Waals surface area contributed by atoms with Gasteiger partial charge in [0.05, 0.1) is 19.1 Å². The number of carbonyl (C=O) groups is 3. The minimum absolute atomic E-state index is 0.00878. The normalized spacial score (nSPS) is 24.2. The van der Waals surface area contributed by atoms with Crippen molar-refractivity contribution in [1.29, 1.82) is 0 Å². The second-order valence-electron chi connectivity index (χ2n) is 9.23. The Morgan fingerprint density at radius 3 is 2.60 bits per heavy atom. The van der Waals surface area contributed by atoms with E-state index in [1.165, 1.54) is 7.05 Å². The van der Waals surface area contributed by atoms with Crippen LogP contribution in [0.15, 0.2) is 18.2 Å². The summed E-state index contributed by atoms with van der Waals surface area (Å²) in [5.41, 5.74) is -0.606. The molecule has 13 heteroatoms. The molecule has 3 fully saturated rings. The lowest BCUT2D eigenvalue weighted by molar-refractivity contribution is -0.274. The highest BCUT2D eigenvalue weighted by Gasteiger charge is 2.51. The molecule has 0 aromatic heterocycles. The number of hydrogen-bond donors (Lipinski definition) is 2. The molecule has 2 heterocycles. The highest BCUT2D eigenvalue weighted by Crippen LogP contribution is 2.42. The fraction of sp³-hybridized carbons (Fsp3) is 0.591. The molecule has 4 amide bonds. The maximum absolute atomic E-state index is 14.3. The standard InChI is InChI=1S/C22H26F4N4O5/c1-27-19(32)29-10-15(7-21(11-29)8-18(31)34-12-21)30(14-3-4-14)20(33)28-9-13-2-5-16(6-17(13)23)35-22(24,25)26/h2,5-6,14-15H,3-4,7-12H2,1H3,(H,27,32)(H,28,33)/t15-,21?/m1/s1. The van der Waals surface area contributed by atoms with Crippen molar-refractivity contribution in [2.24, 2.45) is 5.41 Å². The van der Waals surface area contributed by atoms with Gasteiger partial charge in [-0.2, -0.15) is 0 Å². The molecule has 1 unspecified atom stereocenters. The average molecular weight is 502 g/mol. The number of hydrogen-bond acceptors (Lipinski definition) is 5. The molecule has 4 rings (SSSR count). The number of nitrogens with zero attached hydrogens (tertiary/aromatic N) is 2. The van der Waals surface area contributed by atoms with E-state index in [9.17, 15) is 31.9 Å². The van der Waals surface area contributed by atoms with E-state index >= 15 is 0 Å². The van der Waals surface area contributed by atoms with Gasteiger partial charge in [-0.15, -0.1) is 13.2 Å². The molecule has 2 saturated heterocycles. The number of urea groups is 2. The molecule has 1 aromatic carbocycles.